The predicted molar refractivity (Wildman–Crippen MR) is 82.4 cm³/mol. The summed E-state index contributed by atoms with van der Waals surface area (Å²) in [5.74, 6) is 0.940. The van der Waals surface area contributed by atoms with Crippen molar-refractivity contribution in [1.82, 2.24) is 4.90 Å². The van der Waals surface area contributed by atoms with E-state index >= 15 is 0 Å². The molecule has 0 radical (unpaired) electrons. The van der Waals surface area contributed by atoms with Crippen molar-refractivity contribution in [1.29, 1.82) is 0 Å². The molecule has 1 fully saturated rings. The van der Waals surface area contributed by atoms with Crippen molar-refractivity contribution in [3.8, 4) is 0 Å². The average Bonchev–Trinajstić information content (AvgIpc) is 2.45. The highest BCUT2D eigenvalue weighted by Crippen LogP contribution is 2.37. The van der Waals surface area contributed by atoms with E-state index in [1.807, 2.05) is 0 Å². The van der Waals surface area contributed by atoms with Gasteiger partial charge in [0.25, 0.3) is 0 Å². The van der Waals surface area contributed by atoms with Crippen LogP contribution < -0.4 is 5.73 Å². The first-order valence-electron chi connectivity index (χ1n) is 8.25. The lowest BCUT2D eigenvalue weighted by Gasteiger charge is -2.47. The molecule has 0 atom stereocenters. The molecule has 3 heteroatoms. The summed E-state index contributed by atoms with van der Waals surface area (Å²) in [6.07, 6.45) is 7.97. The van der Waals surface area contributed by atoms with E-state index in [0.717, 1.165) is 38.8 Å². The maximum atomic E-state index is 6.16. The molecule has 0 aromatic rings. The van der Waals surface area contributed by atoms with E-state index in [9.17, 15) is 0 Å². The van der Waals surface area contributed by atoms with E-state index in [0.29, 0.717) is 0 Å². The van der Waals surface area contributed by atoms with Gasteiger partial charge >= 0.3 is 0 Å². The lowest BCUT2D eigenvalue weighted by atomic mass is 9.74. The van der Waals surface area contributed by atoms with Gasteiger partial charge in [-0.3, -0.25) is 4.90 Å². The van der Waals surface area contributed by atoms with Crippen LogP contribution in [0.25, 0.3) is 0 Å². The SMILES string of the molecule is CCCC1CCC(CN)(N(CC)CCOCC)CC1. The maximum absolute atomic E-state index is 6.16. The van der Waals surface area contributed by atoms with Crippen LogP contribution in [0.3, 0.4) is 0 Å². The Bertz CT molecular complexity index is 225. The predicted octanol–water partition coefficient (Wildman–Crippen LogP) is 3.03. The lowest BCUT2D eigenvalue weighted by molar-refractivity contribution is 0.0187. The molecule has 0 aliphatic heterocycles. The van der Waals surface area contributed by atoms with Gasteiger partial charge in [-0.05, 0) is 45.1 Å². The number of rotatable bonds is 9. The molecule has 1 aliphatic carbocycles. The van der Waals surface area contributed by atoms with E-state index in [1.54, 1.807) is 0 Å². The van der Waals surface area contributed by atoms with Gasteiger partial charge in [-0.15, -0.1) is 0 Å². The van der Waals surface area contributed by atoms with Crippen LogP contribution in [0, 0.1) is 5.92 Å². The fraction of sp³-hybridized carbons (Fsp3) is 1.00. The van der Waals surface area contributed by atoms with Crippen molar-refractivity contribution in [2.75, 3.05) is 32.8 Å². The summed E-state index contributed by atoms with van der Waals surface area (Å²) in [5.41, 5.74) is 6.40. The summed E-state index contributed by atoms with van der Waals surface area (Å²) in [6.45, 7) is 11.2. The van der Waals surface area contributed by atoms with Crippen molar-refractivity contribution in [2.45, 2.75) is 64.8 Å². The average molecular weight is 270 g/mol. The van der Waals surface area contributed by atoms with Crippen LogP contribution in [0.15, 0.2) is 0 Å². The Morgan fingerprint density at radius 1 is 1.21 bits per heavy atom. The molecule has 2 N–H and O–H groups in total. The van der Waals surface area contributed by atoms with Crippen molar-refractivity contribution in [3.63, 3.8) is 0 Å². The van der Waals surface area contributed by atoms with Crippen LogP contribution in [-0.4, -0.2) is 43.3 Å². The minimum absolute atomic E-state index is 0.246. The Kier molecular flexibility index (Phi) is 7.96. The first-order valence-corrected chi connectivity index (χ1v) is 8.25. The van der Waals surface area contributed by atoms with Gasteiger partial charge in [0.2, 0.25) is 0 Å². The summed E-state index contributed by atoms with van der Waals surface area (Å²) >= 11 is 0. The molecule has 3 nitrogen and oxygen atoms in total. The van der Waals surface area contributed by atoms with Gasteiger partial charge < -0.3 is 10.5 Å². The standard InChI is InChI=1S/C16H34N2O/c1-4-7-15-8-10-16(14-17,11-9-15)18(5-2)12-13-19-6-3/h15H,4-14,17H2,1-3H3. The van der Waals surface area contributed by atoms with Crippen LogP contribution in [0.5, 0.6) is 0 Å². The summed E-state index contributed by atoms with van der Waals surface area (Å²) in [7, 11) is 0. The van der Waals surface area contributed by atoms with Gasteiger partial charge in [-0.2, -0.15) is 0 Å². The fourth-order valence-corrected chi connectivity index (χ4v) is 3.61. The molecular weight excluding hydrogens is 236 g/mol. The molecule has 0 heterocycles. The van der Waals surface area contributed by atoms with Gasteiger partial charge in [0.15, 0.2) is 0 Å². The van der Waals surface area contributed by atoms with Crippen LogP contribution >= 0.6 is 0 Å². The van der Waals surface area contributed by atoms with Crippen molar-refractivity contribution in [3.05, 3.63) is 0 Å². The topological polar surface area (TPSA) is 38.5 Å². The monoisotopic (exact) mass is 270 g/mol. The third kappa shape index (κ3) is 4.73. The van der Waals surface area contributed by atoms with Crippen molar-refractivity contribution in [2.24, 2.45) is 11.7 Å². The normalized spacial score (nSPS) is 27.9. The third-order valence-corrected chi connectivity index (χ3v) is 4.87. The smallest absolute Gasteiger partial charge is 0.0593 e. The molecule has 19 heavy (non-hydrogen) atoms. The maximum Gasteiger partial charge on any atom is 0.0593 e. The van der Waals surface area contributed by atoms with Crippen LogP contribution in [-0.2, 0) is 4.74 Å². The third-order valence-electron chi connectivity index (χ3n) is 4.87. The molecule has 1 rings (SSSR count). The molecular formula is C16H34N2O. The highest BCUT2D eigenvalue weighted by molar-refractivity contribution is 4.95. The number of hydrogen-bond donors (Lipinski definition) is 1. The first-order chi connectivity index (χ1) is 9.22. The molecule has 0 saturated heterocycles. The second-order valence-electron chi connectivity index (χ2n) is 5.94. The highest BCUT2D eigenvalue weighted by atomic mass is 16.5. The molecule has 0 bridgehead atoms. The number of nitrogens with zero attached hydrogens (tertiary/aromatic N) is 1. The zero-order valence-corrected chi connectivity index (χ0v) is 13.3. The van der Waals surface area contributed by atoms with Gasteiger partial charge in [-0.25, -0.2) is 0 Å². The molecule has 1 saturated carbocycles. The molecule has 0 amide bonds. The largest absolute Gasteiger partial charge is 0.380 e. The van der Waals surface area contributed by atoms with E-state index in [2.05, 4.69) is 25.7 Å². The van der Waals surface area contributed by atoms with Crippen LogP contribution in [0.2, 0.25) is 0 Å². The summed E-state index contributed by atoms with van der Waals surface area (Å²) in [4.78, 5) is 2.57. The molecule has 0 aromatic carbocycles. The fourth-order valence-electron chi connectivity index (χ4n) is 3.61. The molecule has 0 unspecified atom stereocenters. The second-order valence-corrected chi connectivity index (χ2v) is 5.94. The molecule has 0 aromatic heterocycles. The van der Waals surface area contributed by atoms with E-state index in [4.69, 9.17) is 10.5 Å². The summed E-state index contributed by atoms with van der Waals surface area (Å²) in [6, 6.07) is 0. The quantitative estimate of drug-likeness (QED) is 0.655. The van der Waals surface area contributed by atoms with E-state index in [-0.39, 0.29) is 5.54 Å². The van der Waals surface area contributed by atoms with Crippen LogP contribution in [0.4, 0.5) is 0 Å². The van der Waals surface area contributed by atoms with Gasteiger partial charge in [0.05, 0.1) is 6.61 Å². The Labute approximate surface area is 119 Å². The van der Waals surface area contributed by atoms with Crippen LogP contribution in [0.1, 0.15) is 59.3 Å². The minimum atomic E-state index is 0.246. The van der Waals surface area contributed by atoms with Crippen molar-refractivity contribution >= 4 is 0 Å². The minimum Gasteiger partial charge on any atom is -0.380 e. The zero-order valence-electron chi connectivity index (χ0n) is 13.3. The first kappa shape index (κ1) is 16.9. The Morgan fingerprint density at radius 2 is 1.89 bits per heavy atom. The number of likely N-dealkylation sites (N-methyl/N-ethyl adjacent to an activating group) is 1. The van der Waals surface area contributed by atoms with E-state index < -0.39 is 0 Å². The number of hydrogen-bond acceptors (Lipinski definition) is 3. The molecule has 114 valence electrons. The molecule has 0 spiro atoms. The Balaban J connectivity index is 2.53. The number of nitrogens with two attached hydrogens (primary N) is 1. The Hall–Kier alpha value is -0.120. The van der Waals surface area contributed by atoms with Gasteiger partial charge in [0.1, 0.15) is 0 Å². The Morgan fingerprint density at radius 3 is 2.37 bits per heavy atom. The zero-order chi connectivity index (χ0) is 14.1. The van der Waals surface area contributed by atoms with Crippen molar-refractivity contribution < 1.29 is 4.74 Å². The summed E-state index contributed by atoms with van der Waals surface area (Å²) in [5, 5.41) is 0. The summed E-state index contributed by atoms with van der Waals surface area (Å²) < 4.78 is 5.52. The molecule has 1 aliphatic rings. The van der Waals surface area contributed by atoms with E-state index in [1.165, 1.54) is 38.5 Å². The second kappa shape index (κ2) is 8.93. The van der Waals surface area contributed by atoms with Gasteiger partial charge in [0, 0.05) is 25.2 Å². The highest BCUT2D eigenvalue weighted by Gasteiger charge is 2.38. The lowest BCUT2D eigenvalue weighted by Crippen LogP contribution is -2.56. The number of ether oxygens (including phenoxy) is 1. The van der Waals surface area contributed by atoms with Gasteiger partial charge in [-0.1, -0.05) is 26.7 Å².